The lowest BCUT2D eigenvalue weighted by molar-refractivity contribution is 0.476. The van der Waals surface area contributed by atoms with Crippen LogP contribution < -0.4 is 10.6 Å². The second-order valence-corrected chi connectivity index (χ2v) is 5.16. The summed E-state index contributed by atoms with van der Waals surface area (Å²) in [6.07, 6.45) is 1.10. The van der Waals surface area contributed by atoms with Crippen molar-refractivity contribution in [1.82, 2.24) is 10.6 Å². The summed E-state index contributed by atoms with van der Waals surface area (Å²) in [5.41, 5.74) is 2.76. The van der Waals surface area contributed by atoms with E-state index in [0.717, 1.165) is 19.5 Å². The second kappa shape index (κ2) is 7.46. The number of benzene rings is 1. The topological polar surface area (TPSA) is 24.1 Å². The summed E-state index contributed by atoms with van der Waals surface area (Å²) >= 11 is 0. The molecule has 1 aromatic carbocycles. The minimum atomic E-state index is 0.530. The highest BCUT2D eigenvalue weighted by Crippen LogP contribution is 2.03. The molecule has 0 aliphatic carbocycles. The molecular weight excluding hydrogens is 208 g/mol. The summed E-state index contributed by atoms with van der Waals surface area (Å²) in [5.74, 6) is 0. The Bertz CT molecular complexity index is 320. The van der Waals surface area contributed by atoms with Crippen LogP contribution in [0.1, 0.15) is 31.9 Å². The molecule has 0 saturated heterocycles. The van der Waals surface area contributed by atoms with Gasteiger partial charge in [0.05, 0.1) is 0 Å². The molecule has 0 amide bonds. The standard InChI is InChI=1S/C15H26N2/c1-12(2)17-11-14(4)16-9-8-15-7-5-6-13(3)10-15/h5-7,10,12,14,16-17H,8-9,11H2,1-4H3. The predicted molar refractivity (Wildman–Crippen MR) is 75.5 cm³/mol. The summed E-state index contributed by atoms with van der Waals surface area (Å²) in [4.78, 5) is 0. The molecule has 1 unspecified atom stereocenters. The van der Waals surface area contributed by atoms with E-state index in [1.54, 1.807) is 0 Å². The number of aryl methyl sites for hydroxylation is 1. The minimum Gasteiger partial charge on any atom is -0.313 e. The Morgan fingerprint density at radius 1 is 1.12 bits per heavy atom. The van der Waals surface area contributed by atoms with Gasteiger partial charge in [0, 0.05) is 18.6 Å². The van der Waals surface area contributed by atoms with E-state index in [1.165, 1.54) is 11.1 Å². The monoisotopic (exact) mass is 234 g/mol. The molecule has 0 fully saturated rings. The van der Waals surface area contributed by atoms with E-state index in [9.17, 15) is 0 Å². The summed E-state index contributed by atoms with van der Waals surface area (Å²) in [5, 5.41) is 6.98. The van der Waals surface area contributed by atoms with Gasteiger partial charge in [-0.25, -0.2) is 0 Å². The number of nitrogens with one attached hydrogen (secondary N) is 2. The van der Waals surface area contributed by atoms with Crippen LogP contribution in [0.5, 0.6) is 0 Å². The fourth-order valence-electron chi connectivity index (χ4n) is 1.82. The van der Waals surface area contributed by atoms with Crippen LogP contribution in [0.15, 0.2) is 24.3 Å². The van der Waals surface area contributed by atoms with Crippen molar-refractivity contribution in [2.24, 2.45) is 0 Å². The summed E-state index contributed by atoms with van der Waals surface area (Å²) in [6.45, 7) is 10.8. The first kappa shape index (κ1) is 14.2. The molecule has 1 aromatic rings. The van der Waals surface area contributed by atoms with Crippen molar-refractivity contribution in [2.45, 2.75) is 46.2 Å². The lowest BCUT2D eigenvalue weighted by atomic mass is 10.1. The molecule has 0 saturated carbocycles. The molecule has 0 radical (unpaired) electrons. The van der Waals surface area contributed by atoms with Crippen LogP contribution in [-0.2, 0) is 6.42 Å². The molecule has 17 heavy (non-hydrogen) atoms. The van der Waals surface area contributed by atoms with E-state index in [-0.39, 0.29) is 0 Å². The van der Waals surface area contributed by atoms with Crippen LogP contribution >= 0.6 is 0 Å². The van der Waals surface area contributed by atoms with Gasteiger partial charge >= 0.3 is 0 Å². The predicted octanol–water partition coefficient (Wildman–Crippen LogP) is 2.51. The molecule has 0 aliphatic rings. The Kier molecular flexibility index (Phi) is 6.23. The molecule has 2 nitrogen and oxygen atoms in total. The highest BCUT2D eigenvalue weighted by atomic mass is 15.0. The summed E-state index contributed by atoms with van der Waals surface area (Å²) < 4.78 is 0. The van der Waals surface area contributed by atoms with Crippen LogP contribution in [0.4, 0.5) is 0 Å². The highest BCUT2D eigenvalue weighted by molar-refractivity contribution is 5.22. The summed E-state index contributed by atoms with van der Waals surface area (Å²) in [6, 6.07) is 9.84. The van der Waals surface area contributed by atoms with Crippen molar-refractivity contribution in [3.05, 3.63) is 35.4 Å². The summed E-state index contributed by atoms with van der Waals surface area (Å²) in [7, 11) is 0. The third-order valence-corrected chi connectivity index (χ3v) is 2.82. The average Bonchev–Trinajstić information content (AvgIpc) is 2.26. The Hall–Kier alpha value is -0.860. The third-order valence-electron chi connectivity index (χ3n) is 2.82. The van der Waals surface area contributed by atoms with E-state index in [2.05, 4.69) is 62.6 Å². The molecular formula is C15H26N2. The first-order valence-electron chi connectivity index (χ1n) is 6.60. The van der Waals surface area contributed by atoms with Crippen molar-refractivity contribution in [1.29, 1.82) is 0 Å². The Labute approximate surface area is 106 Å². The molecule has 1 rings (SSSR count). The SMILES string of the molecule is Cc1cccc(CCNC(C)CNC(C)C)c1. The first-order chi connectivity index (χ1) is 8.08. The Morgan fingerprint density at radius 2 is 1.88 bits per heavy atom. The molecule has 0 spiro atoms. The van der Waals surface area contributed by atoms with Crippen LogP contribution in [0.3, 0.4) is 0 Å². The second-order valence-electron chi connectivity index (χ2n) is 5.16. The highest BCUT2D eigenvalue weighted by Gasteiger charge is 2.01. The molecule has 1 atom stereocenters. The maximum Gasteiger partial charge on any atom is 0.0164 e. The maximum atomic E-state index is 3.54. The van der Waals surface area contributed by atoms with Crippen LogP contribution in [-0.4, -0.2) is 25.2 Å². The Morgan fingerprint density at radius 3 is 2.53 bits per heavy atom. The van der Waals surface area contributed by atoms with E-state index in [4.69, 9.17) is 0 Å². The molecule has 0 aromatic heterocycles. The maximum absolute atomic E-state index is 3.54. The molecule has 96 valence electrons. The van der Waals surface area contributed by atoms with Gasteiger partial charge in [0.2, 0.25) is 0 Å². The van der Waals surface area contributed by atoms with Gasteiger partial charge in [0.25, 0.3) is 0 Å². The fraction of sp³-hybridized carbons (Fsp3) is 0.600. The number of hydrogen-bond donors (Lipinski definition) is 2. The van der Waals surface area contributed by atoms with Gasteiger partial charge in [-0.3, -0.25) is 0 Å². The van der Waals surface area contributed by atoms with Crippen LogP contribution in [0.2, 0.25) is 0 Å². The molecule has 0 aliphatic heterocycles. The van der Waals surface area contributed by atoms with Gasteiger partial charge < -0.3 is 10.6 Å². The zero-order valence-corrected chi connectivity index (χ0v) is 11.6. The van der Waals surface area contributed by atoms with E-state index in [1.807, 2.05) is 0 Å². The quantitative estimate of drug-likeness (QED) is 0.757. The minimum absolute atomic E-state index is 0.530. The molecule has 0 bridgehead atoms. The number of rotatable bonds is 7. The van der Waals surface area contributed by atoms with E-state index in [0.29, 0.717) is 12.1 Å². The first-order valence-corrected chi connectivity index (χ1v) is 6.60. The fourth-order valence-corrected chi connectivity index (χ4v) is 1.82. The van der Waals surface area contributed by atoms with Gasteiger partial charge in [0.15, 0.2) is 0 Å². The van der Waals surface area contributed by atoms with Crippen LogP contribution in [0, 0.1) is 6.92 Å². The van der Waals surface area contributed by atoms with E-state index >= 15 is 0 Å². The van der Waals surface area contributed by atoms with Gasteiger partial charge in [-0.05, 0) is 32.4 Å². The van der Waals surface area contributed by atoms with Gasteiger partial charge in [0.1, 0.15) is 0 Å². The van der Waals surface area contributed by atoms with Gasteiger partial charge in [-0.2, -0.15) is 0 Å². The normalized spacial score (nSPS) is 13.0. The molecule has 2 N–H and O–H groups in total. The van der Waals surface area contributed by atoms with Gasteiger partial charge in [-0.15, -0.1) is 0 Å². The van der Waals surface area contributed by atoms with E-state index < -0.39 is 0 Å². The third kappa shape index (κ3) is 6.44. The zero-order valence-electron chi connectivity index (χ0n) is 11.6. The average molecular weight is 234 g/mol. The largest absolute Gasteiger partial charge is 0.313 e. The van der Waals surface area contributed by atoms with Crippen molar-refractivity contribution >= 4 is 0 Å². The number of hydrogen-bond acceptors (Lipinski definition) is 2. The van der Waals surface area contributed by atoms with Crippen LogP contribution in [0.25, 0.3) is 0 Å². The Balaban J connectivity index is 2.19. The van der Waals surface area contributed by atoms with Crippen molar-refractivity contribution in [2.75, 3.05) is 13.1 Å². The van der Waals surface area contributed by atoms with Crippen molar-refractivity contribution < 1.29 is 0 Å². The zero-order chi connectivity index (χ0) is 12.7. The van der Waals surface area contributed by atoms with Crippen molar-refractivity contribution in [3.8, 4) is 0 Å². The smallest absolute Gasteiger partial charge is 0.0164 e. The van der Waals surface area contributed by atoms with Gasteiger partial charge in [-0.1, -0.05) is 43.7 Å². The lowest BCUT2D eigenvalue weighted by Gasteiger charge is -2.16. The lowest BCUT2D eigenvalue weighted by Crippen LogP contribution is -2.39. The molecule has 2 heteroatoms. The molecule has 0 heterocycles. The van der Waals surface area contributed by atoms with Crippen molar-refractivity contribution in [3.63, 3.8) is 0 Å².